The molecule has 1 heterocycles. The van der Waals surface area contributed by atoms with Crippen molar-refractivity contribution in [3.63, 3.8) is 0 Å². The van der Waals surface area contributed by atoms with Crippen LogP contribution in [-0.4, -0.2) is 19.7 Å². The number of ether oxygens (including phenoxy) is 2. The van der Waals surface area contributed by atoms with Gasteiger partial charge in [0.15, 0.2) is 0 Å². The van der Waals surface area contributed by atoms with E-state index in [9.17, 15) is 0 Å². The van der Waals surface area contributed by atoms with Gasteiger partial charge in [-0.05, 0) is 42.8 Å². The summed E-state index contributed by atoms with van der Waals surface area (Å²) in [4.78, 5) is 0. The quantitative estimate of drug-likeness (QED) is 0.882. The molecule has 0 saturated carbocycles. The Morgan fingerprint density at radius 3 is 2.29 bits per heavy atom. The molecule has 1 saturated heterocycles. The van der Waals surface area contributed by atoms with E-state index in [1.807, 2.05) is 42.5 Å². The van der Waals surface area contributed by atoms with Crippen molar-refractivity contribution in [3.8, 4) is 11.5 Å². The van der Waals surface area contributed by atoms with Gasteiger partial charge in [0.25, 0.3) is 0 Å². The molecule has 3 rings (SSSR count). The second-order valence-electron chi connectivity index (χ2n) is 5.42. The molecule has 1 fully saturated rings. The fourth-order valence-corrected chi connectivity index (χ4v) is 2.44. The maximum atomic E-state index is 5.81. The average Bonchev–Trinajstić information content (AvgIpc) is 3.06. The first kappa shape index (κ1) is 14.0. The molecule has 110 valence electrons. The molecule has 1 aliphatic rings. The third-order valence-electron chi connectivity index (χ3n) is 3.72. The van der Waals surface area contributed by atoms with Crippen molar-refractivity contribution in [1.29, 1.82) is 0 Å². The predicted octanol–water partition coefficient (Wildman–Crippen LogP) is 3.25. The van der Waals surface area contributed by atoms with Crippen LogP contribution in [0.2, 0.25) is 0 Å². The highest BCUT2D eigenvalue weighted by Crippen LogP contribution is 2.20. The van der Waals surface area contributed by atoms with Gasteiger partial charge in [-0.1, -0.05) is 30.3 Å². The van der Waals surface area contributed by atoms with Gasteiger partial charge in [0, 0.05) is 12.5 Å². The van der Waals surface area contributed by atoms with E-state index in [0.29, 0.717) is 12.5 Å². The lowest BCUT2D eigenvalue weighted by Gasteiger charge is -2.11. The fraction of sp³-hybridized carbons (Fsp3) is 0.333. The van der Waals surface area contributed by atoms with Crippen molar-refractivity contribution >= 4 is 0 Å². The molecule has 1 N–H and O–H groups in total. The zero-order valence-corrected chi connectivity index (χ0v) is 12.1. The van der Waals surface area contributed by atoms with Crippen molar-refractivity contribution in [2.24, 2.45) is 5.92 Å². The maximum absolute atomic E-state index is 5.81. The van der Waals surface area contributed by atoms with Crippen LogP contribution in [0, 0.1) is 5.92 Å². The van der Waals surface area contributed by atoms with Crippen LogP contribution in [0.1, 0.15) is 12.0 Å². The molecule has 0 spiro atoms. The van der Waals surface area contributed by atoms with Gasteiger partial charge in [-0.3, -0.25) is 0 Å². The number of nitrogens with one attached hydrogen (secondary N) is 1. The molecule has 1 aliphatic heterocycles. The normalized spacial score (nSPS) is 17.6. The van der Waals surface area contributed by atoms with Crippen molar-refractivity contribution < 1.29 is 9.47 Å². The minimum absolute atomic E-state index is 0.592. The smallest absolute Gasteiger partial charge is 0.120 e. The summed E-state index contributed by atoms with van der Waals surface area (Å²) >= 11 is 0. The van der Waals surface area contributed by atoms with Crippen LogP contribution < -0.4 is 14.8 Å². The zero-order chi connectivity index (χ0) is 14.3. The Bertz CT molecular complexity index is 533. The van der Waals surface area contributed by atoms with Crippen LogP contribution in [0.15, 0.2) is 54.6 Å². The highest BCUT2D eigenvalue weighted by Gasteiger charge is 2.14. The summed E-state index contributed by atoms with van der Waals surface area (Å²) in [6, 6.07) is 18.1. The first-order valence-electron chi connectivity index (χ1n) is 7.50. The monoisotopic (exact) mass is 283 g/mol. The third-order valence-corrected chi connectivity index (χ3v) is 3.72. The standard InChI is InChI=1S/C18H21NO2/c1-2-4-15(5-3-1)13-20-17-6-8-18(9-7-17)21-14-16-10-11-19-12-16/h1-9,16,19H,10-14H2/t16-/m0/s1. The maximum Gasteiger partial charge on any atom is 0.120 e. The molecule has 0 amide bonds. The van der Waals surface area contributed by atoms with Crippen LogP contribution in [0.4, 0.5) is 0 Å². The van der Waals surface area contributed by atoms with Gasteiger partial charge in [0.05, 0.1) is 6.61 Å². The Morgan fingerprint density at radius 2 is 1.62 bits per heavy atom. The molecule has 21 heavy (non-hydrogen) atoms. The van der Waals surface area contributed by atoms with Crippen molar-refractivity contribution in [1.82, 2.24) is 5.32 Å². The molecule has 2 aromatic rings. The summed E-state index contributed by atoms with van der Waals surface area (Å²) in [5, 5.41) is 3.35. The highest BCUT2D eigenvalue weighted by molar-refractivity contribution is 5.31. The molecule has 3 nitrogen and oxygen atoms in total. The topological polar surface area (TPSA) is 30.5 Å². The van der Waals surface area contributed by atoms with E-state index < -0.39 is 0 Å². The second kappa shape index (κ2) is 7.14. The van der Waals surface area contributed by atoms with Gasteiger partial charge in [-0.2, -0.15) is 0 Å². The summed E-state index contributed by atoms with van der Waals surface area (Å²) in [6.07, 6.45) is 1.21. The van der Waals surface area contributed by atoms with Gasteiger partial charge < -0.3 is 14.8 Å². The van der Waals surface area contributed by atoms with E-state index in [2.05, 4.69) is 17.4 Å². The molecule has 0 aromatic heterocycles. The Morgan fingerprint density at radius 1 is 0.905 bits per heavy atom. The van der Waals surface area contributed by atoms with E-state index in [0.717, 1.165) is 31.2 Å². The summed E-state index contributed by atoms with van der Waals surface area (Å²) in [5.41, 5.74) is 1.17. The van der Waals surface area contributed by atoms with Gasteiger partial charge in [0.2, 0.25) is 0 Å². The molecule has 2 aromatic carbocycles. The van der Waals surface area contributed by atoms with E-state index in [1.165, 1.54) is 12.0 Å². The minimum atomic E-state index is 0.592. The third kappa shape index (κ3) is 4.23. The Kier molecular flexibility index (Phi) is 4.74. The van der Waals surface area contributed by atoms with Gasteiger partial charge >= 0.3 is 0 Å². The Hall–Kier alpha value is -2.00. The SMILES string of the molecule is c1ccc(COc2ccc(OC[C@H]3CCNC3)cc2)cc1. The molecule has 0 aliphatic carbocycles. The highest BCUT2D eigenvalue weighted by atomic mass is 16.5. The lowest BCUT2D eigenvalue weighted by atomic mass is 10.1. The lowest BCUT2D eigenvalue weighted by molar-refractivity contribution is 0.259. The summed E-state index contributed by atoms with van der Waals surface area (Å²) < 4.78 is 11.6. The van der Waals surface area contributed by atoms with Crippen molar-refractivity contribution in [2.45, 2.75) is 13.0 Å². The molecular formula is C18H21NO2. The Balaban J connectivity index is 1.47. The van der Waals surface area contributed by atoms with Crippen LogP contribution in [-0.2, 0) is 6.61 Å². The van der Waals surface area contributed by atoms with E-state index in [1.54, 1.807) is 0 Å². The summed E-state index contributed by atoms with van der Waals surface area (Å²) in [7, 11) is 0. The first-order chi connectivity index (χ1) is 10.4. The largest absolute Gasteiger partial charge is 0.493 e. The van der Waals surface area contributed by atoms with Crippen LogP contribution in [0.5, 0.6) is 11.5 Å². The molecular weight excluding hydrogens is 262 g/mol. The lowest BCUT2D eigenvalue weighted by Crippen LogP contribution is -2.15. The van der Waals surface area contributed by atoms with E-state index >= 15 is 0 Å². The predicted molar refractivity (Wildman–Crippen MR) is 83.7 cm³/mol. The second-order valence-corrected chi connectivity index (χ2v) is 5.42. The molecule has 0 radical (unpaired) electrons. The molecule has 3 heteroatoms. The number of rotatable bonds is 6. The average molecular weight is 283 g/mol. The Labute approximate surface area is 125 Å². The summed E-state index contributed by atoms with van der Waals surface area (Å²) in [5.74, 6) is 2.42. The van der Waals surface area contributed by atoms with Crippen LogP contribution in [0.3, 0.4) is 0 Å². The number of hydrogen-bond acceptors (Lipinski definition) is 3. The molecule has 1 atom stereocenters. The van der Waals surface area contributed by atoms with Gasteiger partial charge in [-0.15, -0.1) is 0 Å². The van der Waals surface area contributed by atoms with E-state index in [-0.39, 0.29) is 0 Å². The first-order valence-corrected chi connectivity index (χ1v) is 7.50. The van der Waals surface area contributed by atoms with Crippen LogP contribution >= 0.6 is 0 Å². The van der Waals surface area contributed by atoms with Crippen molar-refractivity contribution in [3.05, 3.63) is 60.2 Å². The van der Waals surface area contributed by atoms with Gasteiger partial charge in [-0.25, -0.2) is 0 Å². The fourth-order valence-electron chi connectivity index (χ4n) is 2.44. The zero-order valence-electron chi connectivity index (χ0n) is 12.1. The van der Waals surface area contributed by atoms with Gasteiger partial charge in [0.1, 0.15) is 18.1 Å². The number of benzene rings is 2. The molecule has 0 bridgehead atoms. The van der Waals surface area contributed by atoms with Crippen molar-refractivity contribution in [2.75, 3.05) is 19.7 Å². The van der Waals surface area contributed by atoms with E-state index in [4.69, 9.17) is 9.47 Å². The number of hydrogen-bond donors (Lipinski definition) is 1. The van der Waals surface area contributed by atoms with Crippen LogP contribution in [0.25, 0.3) is 0 Å². The molecule has 0 unspecified atom stereocenters. The minimum Gasteiger partial charge on any atom is -0.493 e. The summed E-state index contributed by atoms with van der Waals surface area (Å²) in [6.45, 7) is 3.56.